The van der Waals surface area contributed by atoms with E-state index in [1.807, 2.05) is 0 Å². The molecule has 18 heavy (non-hydrogen) atoms. The molecule has 1 aromatic carbocycles. The van der Waals surface area contributed by atoms with Crippen LogP contribution in [0.4, 0.5) is 5.69 Å². The average molecular weight is 271 g/mol. The zero-order valence-electron chi connectivity index (χ0n) is 9.69. The van der Waals surface area contributed by atoms with Crippen molar-refractivity contribution >= 4 is 21.6 Å². The number of sulfonamides is 1. The Bertz CT molecular complexity index is 609. The smallest absolute Gasteiger partial charge is 0.269 e. The molecule has 0 bridgehead atoms. The highest BCUT2D eigenvalue weighted by Gasteiger charge is 2.42. The Morgan fingerprint density at radius 1 is 1.39 bits per heavy atom. The van der Waals surface area contributed by atoms with Crippen molar-refractivity contribution in [3.63, 3.8) is 0 Å². The molecule has 1 aromatic rings. The minimum atomic E-state index is -3.94. The third-order valence-electron chi connectivity index (χ3n) is 2.62. The second-order valence-corrected chi connectivity index (χ2v) is 5.94. The fraction of sp³-hybridized carbons (Fsp3) is 0.300. The fourth-order valence-electron chi connectivity index (χ4n) is 1.87. The zero-order chi connectivity index (χ0) is 13.7. The van der Waals surface area contributed by atoms with Gasteiger partial charge in [-0.3, -0.25) is 10.0 Å². The second kappa shape index (κ2) is 3.94. The molecule has 0 spiro atoms. The Hall–Kier alpha value is -1.64. The molecule has 0 radical (unpaired) electrons. The predicted molar refractivity (Wildman–Crippen MR) is 62.6 cm³/mol. The number of nitrogens with zero attached hydrogens (tertiary/aromatic N) is 2. The van der Waals surface area contributed by atoms with Gasteiger partial charge < -0.3 is 10.4 Å². The van der Waals surface area contributed by atoms with E-state index in [-0.39, 0.29) is 16.1 Å². The van der Waals surface area contributed by atoms with Gasteiger partial charge in [0.25, 0.3) is 15.9 Å². The van der Waals surface area contributed by atoms with Crippen molar-refractivity contribution in [3.8, 4) is 0 Å². The van der Waals surface area contributed by atoms with E-state index in [9.17, 15) is 18.4 Å². The van der Waals surface area contributed by atoms with Crippen molar-refractivity contribution < 1.29 is 18.4 Å². The highest BCUT2D eigenvalue weighted by atomic mass is 32.2. The quantitative estimate of drug-likeness (QED) is 0.803. The Morgan fingerprint density at radius 3 is 2.50 bits per heavy atom. The molecule has 1 aliphatic heterocycles. The summed E-state index contributed by atoms with van der Waals surface area (Å²) >= 11 is 0. The van der Waals surface area contributed by atoms with Crippen molar-refractivity contribution in [2.45, 2.75) is 24.8 Å². The summed E-state index contributed by atoms with van der Waals surface area (Å²) in [5.74, 6) is -0.623. The van der Waals surface area contributed by atoms with Crippen LogP contribution < -0.4 is 5.23 Å². The summed E-state index contributed by atoms with van der Waals surface area (Å²) in [5.41, 5.74) is -0.231. The molecule has 7 nitrogen and oxygen atoms in total. The molecule has 1 heterocycles. The summed E-state index contributed by atoms with van der Waals surface area (Å²) < 4.78 is 25.0. The first-order valence-corrected chi connectivity index (χ1v) is 6.59. The van der Waals surface area contributed by atoms with E-state index in [1.54, 1.807) is 13.8 Å². The van der Waals surface area contributed by atoms with Crippen molar-refractivity contribution in [2.75, 3.05) is 5.23 Å². The van der Waals surface area contributed by atoms with Crippen LogP contribution in [0.1, 0.15) is 24.2 Å². The van der Waals surface area contributed by atoms with Gasteiger partial charge in [-0.05, 0) is 32.0 Å². The van der Waals surface area contributed by atoms with E-state index in [0.717, 1.165) is 10.4 Å². The lowest BCUT2D eigenvalue weighted by Crippen LogP contribution is -2.36. The maximum absolute atomic E-state index is 12.1. The third kappa shape index (κ3) is 1.65. The van der Waals surface area contributed by atoms with Crippen molar-refractivity contribution in [2.24, 2.45) is 0 Å². The summed E-state index contributed by atoms with van der Waals surface area (Å²) in [4.78, 5) is 11.7. The number of benzene rings is 1. The van der Waals surface area contributed by atoms with Gasteiger partial charge in [0.1, 0.15) is 4.90 Å². The molecule has 2 rings (SSSR count). The molecule has 1 N–H and O–H groups in total. The number of hydrogen-bond donors (Lipinski definition) is 1. The lowest BCUT2D eigenvalue weighted by atomic mass is 10.2. The highest BCUT2D eigenvalue weighted by Crippen LogP contribution is 2.34. The minimum absolute atomic E-state index is 0.00861. The molecule has 0 atom stereocenters. The lowest BCUT2D eigenvalue weighted by molar-refractivity contribution is 0.0846. The summed E-state index contributed by atoms with van der Waals surface area (Å²) in [7, 11) is -3.94. The molecule has 0 unspecified atom stereocenters. The SMILES string of the molecule is CC(C)N1C(=O)c2ccc(N([O-])O)cc2S1(=O)=O. The molecular weight excluding hydrogens is 260 g/mol. The van der Waals surface area contributed by atoms with Crippen LogP contribution in [0.15, 0.2) is 23.1 Å². The predicted octanol–water partition coefficient (Wildman–Crippen LogP) is 0.933. The van der Waals surface area contributed by atoms with Crippen molar-refractivity contribution in [3.05, 3.63) is 29.0 Å². The van der Waals surface area contributed by atoms with Crippen LogP contribution in [0.5, 0.6) is 0 Å². The highest BCUT2D eigenvalue weighted by molar-refractivity contribution is 7.90. The molecule has 0 saturated carbocycles. The molecule has 0 fully saturated rings. The van der Waals surface area contributed by atoms with Crippen molar-refractivity contribution in [1.29, 1.82) is 0 Å². The van der Waals surface area contributed by atoms with Crippen LogP contribution >= 0.6 is 0 Å². The van der Waals surface area contributed by atoms with Crippen LogP contribution in [0.2, 0.25) is 0 Å². The first kappa shape index (κ1) is 12.8. The number of fused-ring (bicyclic) bond motifs is 1. The topological polar surface area (TPSA) is 101 Å². The van der Waals surface area contributed by atoms with Crippen LogP contribution in [0.25, 0.3) is 0 Å². The van der Waals surface area contributed by atoms with E-state index in [2.05, 4.69) is 0 Å². The van der Waals surface area contributed by atoms with Gasteiger partial charge in [-0.15, -0.1) is 0 Å². The largest absolute Gasteiger partial charge is 0.733 e. The van der Waals surface area contributed by atoms with E-state index in [1.165, 1.54) is 12.1 Å². The van der Waals surface area contributed by atoms with E-state index in [0.29, 0.717) is 0 Å². The van der Waals surface area contributed by atoms with Gasteiger partial charge in [0.2, 0.25) is 0 Å². The van der Waals surface area contributed by atoms with E-state index in [4.69, 9.17) is 5.21 Å². The molecule has 8 heteroatoms. The Morgan fingerprint density at radius 2 is 2.00 bits per heavy atom. The first-order chi connectivity index (χ1) is 8.26. The Balaban J connectivity index is 2.66. The van der Waals surface area contributed by atoms with E-state index < -0.39 is 27.2 Å². The van der Waals surface area contributed by atoms with Gasteiger partial charge in [-0.2, -0.15) is 0 Å². The third-order valence-corrected chi connectivity index (χ3v) is 4.62. The molecule has 0 saturated heterocycles. The summed E-state index contributed by atoms with van der Waals surface area (Å²) in [5, 5.41) is 19.0. The number of carbonyl (C=O) groups is 1. The van der Waals surface area contributed by atoms with Gasteiger partial charge in [-0.25, -0.2) is 12.7 Å². The molecule has 1 amide bonds. The fourth-order valence-corrected chi connectivity index (χ4v) is 3.65. The normalized spacial score (nSPS) is 17.2. The van der Waals surface area contributed by atoms with Crippen molar-refractivity contribution in [1.82, 2.24) is 4.31 Å². The summed E-state index contributed by atoms with van der Waals surface area (Å²) in [6, 6.07) is 2.87. The average Bonchev–Trinajstić information content (AvgIpc) is 2.46. The number of anilines is 1. The van der Waals surface area contributed by atoms with Gasteiger partial charge in [0.05, 0.1) is 11.3 Å². The summed E-state index contributed by atoms with van der Waals surface area (Å²) in [6.45, 7) is 3.16. The molecule has 0 aliphatic carbocycles. The monoisotopic (exact) mass is 271 g/mol. The maximum atomic E-state index is 12.1. The molecule has 98 valence electrons. The van der Waals surface area contributed by atoms with Crippen LogP contribution in [-0.2, 0) is 10.0 Å². The zero-order valence-corrected chi connectivity index (χ0v) is 10.5. The molecular formula is C10H11N2O5S-. The number of carbonyl (C=O) groups excluding carboxylic acids is 1. The maximum Gasteiger partial charge on any atom is 0.269 e. The lowest BCUT2D eigenvalue weighted by Gasteiger charge is -2.21. The van der Waals surface area contributed by atoms with Crippen LogP contribution in [0, 0.1) is 5.21 Å². The molecule has 0 aromatic heterocycles. The minimum Gasteiger partial charge on any atom is -0.733 e. The van der Waals surface area contributed by atoms with Crippen LogP contribution in [0.3, 0.4) is 0 Å². The van der Waals surface area contributed by atoms with Gasteiger partial charge in [0.15, 0.2) is 0 Å². The Kier molecular flexibility index (Phi) is 2.80. The summed E-state index contributed by atoms with van der Waals surface area (Å²) in [6.07, 6.45) is 0. The first-order valence-electron chi connectivity index (χ1n) is 5.15. The second-order valence-electron chi connectivity index (χ2n) is 4.15. The van der Waals surface area contributed by atoms with Crippen LogP contribution in [-0.4, -0.2) is 29.9 Å². The van der Waals surface area contributed by atoms with Gasteiger partial charge in [-0.1, -0.05) is 0 Å². The van der Waals surface area contributed by atoms with Gasteiger partial charge >= 0.3 is 0 Å². The standard InChI is InChI=1S/C10H11N2O5S/c1-6(2)11-10(13)8-4-3-7(12(14)15)5-9(8)18(11,16)17/h3-6,14H,1-2H3/q-1. The van der Waals surface area contributed by atoms with E-state index >= 15 is 0 Å². The molecule has 1 aliphatic rings. The number of hydrogen-bond acceptors (Lipinski definition) is 6. The number of rotatable bonds is 2. The Labute approximate surface area is 104 Å². The van der Waals surface area contributed by atoms with Gasteiger partial charge in [0, 0.05) is 6.04 Å². The number of amides is 1.